The summed E-state index contributed by atoms with van der Waals surface area (Å²) < 4.78 is 17.0. The van der Waals surface area contributed by atoms with Crippen molar-refractivity contribution in [3.8, 4) is 11.5 Å². The Morgan fingerprint density at radius 1 is 1.07 bits per heavy atom. The molecule has 1 aliphatic rings. The van der Waals surface area contributed by atoms with Gasteiger partial charge in [0.25, 0.3) is 5.91 Å². The van der Waals surface area contributed by atoms with Crippen LogP contribution in [0, 0.1) is 0 Å². The first-order valence-corrected chi connectivity index (χ1v) is 9.09. The molecule has 1 heterocycles. The van der Waals surface area contributed by atoms with Crippen LogP contribution >= 0.6 is 0 Å². The van der Waals surface area contributed by atoms with Crippen molar-refractivity contribution < 1.29 is 18.8 Å². The first-order valence-electron chi connectivity index (χ1n) is 9.09. The van der Waals surface area contributed by atoms with E-state index < -0.39 is 0 Å². The molecule has 5 nitrogen and oxygen atoms in total. The maximum atomic E-state index is 12.4. The first-order chi connectivity index (χ1) is 12.7. The molecule has 0 aromatic heterocycles. The van der Waals surface area contributed by atoms with Crippen molar-refractivity contribution in [3.05, 3.63) is 59.7 Å². The lowest BCUT2D eigenvalue weighted by atomic mass is 9.45. The molecule has 27 heavy (non-hydrogen) atoms. The van der Waals surface area contributed by atoms with Crippen LogP contribution < -0.4 is 14.7 Å². The second-order valence-corrected chi connectivity index (χ2v) is 7.83. The van der Waals surface area contributed by atoms with Crippen LogP contribution in [-0.2, 0) is 11.2 Å². The predicted molar refractivity (Wildman–Crippen MR) is 106 cm³/mol. The minimum atomic E-state index is -0.261. The maximum Gasteiger partial charge on any atom is 0.534 e. The Bertz CT molecular complexity index is 817. The van der Waals surface area contributed by atoms with Crippen LogP contribution in [0.1, 0.15) is 43.6 Å². The van der Waals surface area contributed by atoms with Crippen molar-refractivity contribution in [2.75, 3.05) is 7.11 Å². The van der Waals surface area contributed by atoms with Crippen molar-refractivity contribution in [1.29, 1.82) is 0 Å². The number of carbonyl (C=O) groups excluding carboxylic acids is 1. The van der Waals surface area contributed by atoms with Gasteiger partial charge in [0.05, 0.1) is 18.3 Å². The van der Waals surface area contributed by atoms with Crippen molar-refractivity contribution in [1.82, 2.24) is 5.32 Å². The molecule has 142 valence electrons. The molecule has 1 fully saturated rings. The summed E-state index contributed by atoms with van der Waals surface area (Å²) >= 11 is 0. The molecule has 1 saturated heterocycles. The number of hydrogen-bond acceptors (Lipinski definition) is 4. The molecule has 0 atom stereocenters. The molecule has 0 saturated carbocycles. The van der Waals surface area contributed by atoms with Gasteiger partial charge in [-0.15, -0.1) is 0 Å². The van der Waals surface area contributed by atoms with Crippen molar-refractivity contribution in [3.63, 3.8) is 0 Å². The second kappa shape index (κ2) is 7.27. The third kappa shape index (κ3) is 3.81. The Morgan fingerprint density at radius 2 is 1.74 bits per heavy atom. The fourth-order valence-electron chi connectivity index (χ4n) is 2.88. The topological polar surface area (TPSA) is 56.8 Å². The van der Waals surface area contributed by atoms with Crippen LogP contribution in [0.2, 0.25) is 5.31 Å². The van der Waals surface area contributed by atoms with Crippen molar-refractivity contribution in [2.45, 2.75) is 45.2 Å². The van der Waals surface area contributed by atoms with Crippen LogP contribution in [0.3, 0.4) is 0 Å². The van der Waals surface area contributed by atoms with Gasteiger partial charge in [-0.1, -0.05) is 38.1 Å². The summed E-state index contributed by atoms with van der Waals surface area (Å²) in [5.41, 5.74) is 1.31. The van der Waals surface area contributed by atoms with Gasteiger partial charge >= 0.3 is 7.12 Å². The molecule has 2 aromatic rings. The monoisotopic (exact) mass is 367 g/mol. The minimum Gasteiger partial charge on any atom is -0.536 e. The maximum absolute atomic E-state index is 12.4. The summed E-state index contributed by atoms with van der Waals surface area (Å²) in [5, 5.41) is 2.85. The smallest absolute Gasteiger partial charge is 0.534 e. The van der Waals surface area contributed by atoms with Crippen LogP contribution in [0.25, 0.3) is 0 Å². The largest absolute Gasteiger partial charge is 0.536 e. The molecule has 0 spiro atoms. The zero-order valence-electron chi connectivity index (χ0n) is 16.5. The molecule has 3 rings (SSSR count). The van der Waals surface area contributed by atoms with Gasteiger partial charge in [-0.3, -0.25) is 4.79 Å². The molecule has 6 heteroatoms. The Hall–Kier alpha value is -2.47. The molecular weight excluding hydrogens is 341 g/mol. The summed E-state index contributed by atoms with van der Waals surface area (Å²) in [4.78, 5) is 12.4. The Kier molecular flexibility index (Phi) is 5.20. The van der Waals surface area contributed by atoms with Gasteiger partial charge in [-0.05, 0) is 43.7 Å². The quantitative estimate of drug-likeness (QED) is 0.782. The number of rotatable bonds is 6. The van der Waals surface area contributed by atoms with Crippen molar-refractivity contribution in [2.24, 2.45) is 0 Å². The van der Waals surface area contributed by atoms with E-state index in [9.17, 15) is 4.79 Å². The van der Waals surface area contributed by atoms with Crippen LogP contribution in [0.5, 0.6) is 11.5 Å². The van der Waals surface area contributed by atoms with E-state index in [1.807, 2.05) is 36.4 Å². The molecule has 1 N–H and O–H groups in total. The molecule has 1 aliphatic heterocycles. The Morgan fingerprint density at radius 3 is 2.33 bits per heavy atom. The number of para-hydroxylation sites is 1. The average Bonchev–Trinajstić information content (AvgIpc) is 2.66. The van der Waals surface area contributed by atoms with Gasteiger partial charge in [-0.2, -0.15) is 0 Å². The minimum absolute atomic E-state index is 0.0611. The highest BCUT2D eigenvalue weighted by Crippen LogP contribution is 2.53. The van der Waals surface area contributed by atoms with Crippen molar-refractivity contribution >= 4 is 13.0 Å². The Balaban J connectivity index is 1.56. The lowest BCUT2D eigenvalue weighted by Gasteiger charge is -2.54. The number of benzene rings is 2. The summed E-state index contributed by atoms with van der Waals surface area (Å²) in [6.07, 6.45) is 0. The number of nitrogens with one attached hydrogen (secondary N) is 1. The zero-order valence-corrected chi connectivity index (χ0v) is 16.5. The van der Waals surface area contributed by atoms with E-state index >= 15 is 0 Å². The molecule has 0 unspecified atom stereocenters. The highest BCUT2D eigenvalue weighted by atomic mass is 16.6. The zero-order chi connectivity index (χ0) is 19.7. The highest BCUT2D eigenvalue weighted by molar-refractivity contribution is 6.53. The fourth-order valence-corrected chi connectivity index (χ4v) is 2.88. The molecule has 1 amide bonds. The number of ether oxygens (including phenoxy) is 1. The van der Waals surface area contributed by atoms with E-state index in [0.717, 1.165) is 11.3 Å². The van der Waals surface area contributed by atoms with E-state index in [1.165, 1.54) is 0 Å². The molecule has 0 bridgehead atoms. The van der Waals surface area contributed by atoms with Gasteiger partial charge in [0, 0.05) is 11.9 Å². The molecule has 0 radical (unpaired) electrons. The van der Waals surface area contributed by atoms with Crippen LogP contribution in [0.4, 0.5) is 0 Å². The normalized spacial score (nSPS) is 17.0. The van der Waals surface area contributed by atoms with Gasteiger partial charge in [0.1, 0.15) is 11.5 Å². The highest BCUT2D eigenvalue weighted by Gasteiger charge is 2.62. The second-order valence-electron chi connectivity index (χ2n) is 7.83. The van der Waals surface area contributed by atoms with Crippen LogP contribution in [0.15, 0.2) is 48.5 Å². The lowest BCUT2D eigenvalue weighted by Crippen LogP contribution is -2.64. The fraction of sp³-hybridized carbons (Fsp3) is 0.381. The Labute approximate surface area is 161 Å². The third-order valence-electron chi connectivity index (χ3n) is 5.51. The van der Waals surface area contributed by atoms with Gasteiger partial charge < -0.3 is 19.4 Å². The molecule has 2 aromatic carbocycles. The summed E-state index contributed by atoms with van der Waals surface area (Å²) in [6.45, 7) is 8.85. The SMILES string of the molecule is COc1ccccc1C(=O)NCc1ccc(OB2OC(C)(C)C2(C)C)cc1. The van der Waals surface area contributed by atoms with E-state index in [1.54, 1.807) is 19.2 Å². The number of carbonyl (C=O) groups is 1. The van der Waals surface area contributed by atoms with Gasteiger partial charge in [0.15, 0.2) is 0 Å². The van der Waals surface area contributed by atoms with E-state index in [2.05, 4.69) is 33.0 Å². The standard InChI is InChI=1S/C21H26BNO4/c1-20(2)21(3,4)27-22(20)26-16-12-10-15(11-13-16)14-23-19(24)17-8-6-7-9-18(17)25-5/h6-13H,14H2,1-5H3,(H,23,24). The molecular formula is C21H26BNO4. The summed E-state index contributed by atoms with van der Waals surface area (Å²) in [6, 6.07) is 14.8. The lowest BCUT2D eigenvalue weighted by molar-refractivity contribution is -0.0412. The summed E-state index contributed by atoms with van der Waals surface area (Å²) in [7, 11) is 1.29. The average molecular weight is 367 g/mol. The summed E-state index contributed by atoms with van der Waals surface area (Å²) in [5.74, 6) is 1.15. The van der Waals surface area contributed by atoms with Gasteiger partial charge in [0.2, 0.25) is 0 Å². The van der Waals surface area contributed by atoms with E-state index in [-0.39, 0.29) is 23.9 Å². The first kappa shape index (κ1) is 19.3. The molecule has 0 aliphatic carbocycles. The number of amides is 1. The number of methoxy groups -OCH3 is 1. The van der Waals surface area contributed by atoms with Crippen LogP contribution in [-0.4, -0.2) is 25.7 Å². The predicted octanol–water partition coefficient (Wildman–Crippen LogP) is 4.08. The van der Waals surface area contributed by atoms with E-state index in [4.69, 9.17) is 14.0 Å². The van der Waals surface area contributed by atoms with Gasteiger partial charge in [-0.25, -0.2) is 0 Å². The third-order valence-corrected chi connectivity index (χ3v) is 5.51. The van der Waals surface area contributed by atoms with E-state index in [0.29, 0.717) is 17.9 Å². The number of hydrogen-bond donors (Lipinski definition) is 1.